The molecule has 0 aromatic carbocycles. The fourth-order valence-corrected chi connectivity index (χ4v) is 1.05. The molecule has 1 fully saturated rings. The van der Waals surface area contributed by atoms with Crippen LogP contribution in [0.15, 0.2) is 12.2 Å². The fourth-order valence-electron chi connectivity index (χ4n) is 1.05. The van der Waals surface area contributed by atoms with Crippen molar-refractivity contribution in [2.24, 2.45) is 0 Å². The van der Waals surface area contributed by atoms with Crippen molar-refractivity contribution in [1.29, 1.82) is 0 Å². The number of aliphatic hydroxyl groups is 1. The lowest BCUT2D eigenvalue weighted by atomic mass is 10.3. The molecule has 0 radical (unpaired) electrons. The van der Waals surface area contributed by atoms with Crippen molar-refractivity contribution in [3.05, 3.63) is 12.2 Å². The Kier molecular flexibility index (Phi) is 6.39. The quantitative estimate of drug-likeness (QED) is 0.571. The Labute approximate surface area is 81.7 Å². The lowest BCUT2D eigenvalue weighted by Crippen LogP contribution is -1.94. The standard InChI is InChI=1S/C5H10O.C4H4O4/c6-5-3-1-2-4-5;5-3(6)1-2-4(7)8/h5-6H,1-4H2;1-2H,(H,5,6)(H,7,8). The maximum Gasteiger partial charge on any atom is 0.328 e. The molecule has 0 unspecified atom stereocenters. The van der Waals surface area contributed by atoms with Crippen LogP contribution in [-0.4, -0.2) is 33.4 Å². The van der Waals surface area contributed by atoms with Gasteiger partial charge in [0.15, 0.2) is 0 Å². The van der Waals surface area contributed by atoms with Crippen LogP contribution in [0.2, 0.25) is 0 Å². The van der Waals surface area contributed by atoms with Crippen LogP contribution in [0.25, 0.3) is 0 Å². The van der Waals surface area contributed by atoms with Crippen molar-refractivity contribution in [2.75, 3.05) is 0 Å². The van der Waals surface area contributed by atoms with Crippen molar-refractivity contribution in [3.63, 3.8) is 0 Å². The molecule has 0 heterocycles. The molecule has 80 valence electrons. The van der Waals surface area contributed by atoms with E-state index in [-0.39, 0.29) is 6.10 Å². The fraction of sp³-hybridized carbons (Fsp3) is 0.556. The van der Waals surface area contributed by atoms with E-state index in [1.54, 1.807) is 0 Å². The Balaban J connectivity index is 0.000000249. The van der Waals surface area contributed by atoms with Crippen molar-refractivity contribution in [1.82, 2.24) is 0 Å². The molecular formula is C9H14O5. The highest BCUT2D eigenvalue weighted by atomic mass is 16.4. The molecule has 14 heavy (non-hydrogen) atoms. The maximum atomic E-state index is 9.55. The highest BCUT2D eigenvalue weighted by Crippen LogP contribution is 2.16. The molecule has 5 nitrogen and oxygen atoms in total. The molecule has 1 saturated carbocycles. The van der Waals surface area contributed by atoms with Crippen LogP contribution in [-0.2, 0) is 9.59 Å². The first-order chi connectivity index (χ1) is 6.52. The zero-order valence-corrected chi connectivity index (χ0v) is 7.72. The van der Waals surface area contributed by atoms with Gasteiger partial charge in [0.05, 0.1) is 6.10 Å². The van der Waals surface area contributed by atoms with Crippen LogP contribution in [0.5, 0.6) is 0 Å². The Morgan fingerprint density at radius 1 is 1.00 bits per heavy atom. The van der Waals surface area contributed by atoms with Gasteiger partial charge in [-0.3, -0.25) is 0 Å². The van der Waals surface area contributed by atoms with Gasteiger partial charge in [0.2, 0.25) is 0 Å². The van der Waals surface area contributed by atoms with Gasteiger partial charge in [-0.15, -0.1) is 0 Å². The third-order valence-electron chi connectivity index (χ3n) is 1.69. The Bertz CT molecular complexity index is 199. The average molecular weight is 202 g/mol. The van der Waals surface area contributed by atoms with Gasteiger partial charge in [-0.2, -0.15) is 0 Å². The average Bonchev–Trinajstić information content (AvgIpc) is 2.53. The summed E-state index contributed by atoms with van der Waals surface area (Å²) >= 11 is 0. The summed E-state index contributed by atoms with van der Waals surface area (Å²) in [7, 11) is 0. The number of hydrogen-bond donors (Lipinski definition) is 3. The smallest absolute Gasteiger partial charge is 0.328 e. The summed E-state index contributed by atoms with van der Waals surface area (Å²) in [5.74, 6) is -2.51. The number of hydrogen-bond acceptors (Lipinski definition) is 3. The SMILES string of the molecule is O=C(O)C=CC(=O)O.OC1CCCC1. The molecule has 0 bridgehead atoms. The molecule has 3 N–H and O–H groups in total. The molecule has 0 aromatic rings. The normalized spacial score (nSPS) is 16.4. The van der Waals surface area contributed by atoms with E-state index in [1.807, 2.05) is 0 Å². The van der Waals surface area contributed by atoms with Gasteiger partial charge in [0.25, 0.3) is 0 Å². The molecule has 0 amide bonds. The van der Waals surface area contributed by atoms with E-state index in [2.05, 4.69) is 0 Å². The highest BCUT2D eigenvalue weighted by Gasteiger charge is 2.09. The van der Waals surface area contributed by atoms with Crippen LogP contribution >= 0.6 is 0 Å². The molecule has 1 aliphatic carbocycles. The molecule has 1 aliphatic rings. The van der Waals surface area contributed by atoms with Crippen LogP contribution < -0.4 is 0 Å². The minimum atomic E-state index is -1.26. The Morgan fingerprint density at radius 3 is 1.50 bits per heavy atom. The number of carbonyl (C=O) groups is 2. The summed E-state index contributed by atoms with van der Waals surface area (Å²) in [4.78, 5) is 19.1. The van der Waals surface area contributed by atoms with E-state index < -0.39 is 11.9 Å². The second kappa shape index (κ2) is 7.08. The predicted molar refractivity (Wildman–Crippen MR) is 48.9 cm³/mol. The molecule has 0 saturated heterocycles. The van der Waals surface area contributed by atoms with Gasteiger partial charge in [-0.1, -0.05) is 12.8 Å². The van der Waals surface area contributed by atoms with E-state index in [9.17, 15) is 9.59 Å². The summed E-state index contributed by atoms with van der Waals surface area (Å²) in [6, 6.07) is 0. The highest BCUT2D eigenvalue weighted by molar-refractivity contribution is 5.89. The minimum Gasteiger partial charge on any atom is -0.478 e. The van der Waals surface area contributed by atoms with Gasteiger partial charge in [0, 0.05) is 12.2 Å². The number of carboxylic acids is 2. The number of carboxylic acid groups (broad SMARTS) is 2. The lowest BCUT2D eigenvalue weighted by Gasteiger charge is -1.91. The second-order valence-electron chi connectivity index (χ2n) is 2.95. The zero-order valence-electron chi connectivity index (χ0n) is 7.72. The number of rotatable bonds is 2. The Morgan fingerprint density at radius 2 is 1.36 bits per heavy atom. The van der Waals surface area contributed by atoms with E-state index >= 15 is 0 Å². The van der Waals surface area contributed by atoms with Gasteiger partial charge in [-0.25, -0.2) is 9.59 Å². The van der Waals surface area contributed by atoms with Crippen molar-refractivity contribution >= 4 is 11.9 Å². The molecule has 5 heteroatoms. The summed E-state index contributed by atoms with van der Waals surface area (Å²) in [5.41, 5.74) is 0. The lowest BCUT2D eigenvalue weighted by molar-refractivity contribution is -0.134. The van der Waals surface area contributed by atoms with Crippen LogP contribution in [0.1, 0.15) is 25.7 Å². The molecule has 0 atom stereocenters. The van der Waals surface area contributed by atoms with Crippen molar-refractivity contribution in [2.45, 2.75) is 31.8 Å². The first kappa shape index (κ1) is 12.6. The monoisotopic (exact) mass is 202 g/mol. The molecule has 0 spiro atoms. The first-order valence-corrected chi connectivity index (χ1v) is 4.34. The van der Waals surface area contributed by atoms with Crippen LogP contribution in [0.3, 0.4) is 0 Å². The van der Waals surface area contributed by atoms with Crippen LogP contribution in [0, 0.1) is 0 Å². The summed E-state index contributed by atoms with van der Waals surface area (Å²) < 4.78 is 0. The third kappa shape index (κ3) is 8.73. The third-order valence-corrected chi connectivity index (χ3v) is 1.69. The number of aliphatic hydroxyl groups excluding tert-OH is 1. The van der Waals surface area contributed by atoms with Crippen LogP contribution in [0.4, 0.5) is 0 Å². The summed E-state index contributed by atoms with van der Waals surface area (Å²) in [6.07, 6.45) is 5.72. The molecule has 0 aliphatic heterocycles. The summed E-state index contributed by atoms with van der Waals surface area (Å²) in [5, 5.41) is 24.4. The summed E-state index contributed by atoms with van der Waals surface area (Å²) in [6.45, 7) is 0. The van der Waals surface area contributed by atoms with Crippen molar-refractivity contribution < 1.29 is 24.9 Å². The van der Waals surface area contributed by atoms with Gasteiger partial charge < -0.3 is 15.3 Å². The molecule has 1 rings (SSSR count). The van der Waals surface area contributed by atoms with E-state index in [0.717, 1.165) is 12.8 Å². The van der Waals surface area contributed by atoms with Gasteiger partial charge in [-0.05, 0) is 12.8 Å². The Hall–Kier alpha value is -1.36. The molecule has 0 aromatic heterocycles. The minimum absolute atomic E-state index is 0.0463. The number of aliphatic carboxylic acids is 2. The predicted octanol–water partition coefficient (Wildman–Crippen LogP) is 0.633. The topological polar surface area (TPSA) is 94.8 Å². The second-order valence-corrected chi connectivity index (χ2v) is 2.95. The maximum absolute atomic E-state index is 9.55. The van der Waals surface area contributed by atoms with E-state index in [4.69, 9.17) is 15.3 Å². The largest absolute Gasteiger partial charge is 0.478 e. The molecular weight excluding hydrogens is 188 g/mol. The van der Waals surface area contributed by atoms with Gasteiger partial charge >= 0.3 is 11.9 Å². The van der Waals surface area contributed by atoms with E-state index in [0.29, 0.717) is 12.2 Å². The first-order valence-electron chi connectivity index (χ1n) is 4.34. The van der Waals surface area contributed by atoms with E-state index in [1.165, 1.54) is 12.8 Å². The zero-order chi connectivity index (χ0) is 11.0. The van der Waals surface area contributed by atoms with Crippen molar-refractivity contribution in [3.8, 4) is 0 Å². The van der Waals surface area contributed by atoms with Gasteiger partial charge in [0.1, 0.15) is 0 Å².